The summed E-state index contributed by atoms with van der Waals surface area (Å²) in [6.07, 6.45) is 0. The third-order valence-electron chi connectivity index (χ3n) is 3.32. The molecule has 1 aliphatic heterocycles. The molecule has 1 heterocycles. The first-order chi connectivity index (χ1) is 9.63. The third kappa shape index (κ3) is 3.11. The molecule has 6 nitrogen and oxygen atoms in total. The van der Waals surface area contributed by atoms with Gasteiger partial charge in [0.25, 0.3) is 0 Å². The fourth-order valence-corrected chi connectivity index (χ4v) is 3.94. The van der Waals surface area contributed by atoms with Crippen molar-refractivity contribution in [3.05, 3.63) is 35.6 Å². The van der Waals surface area contributed by atoms with Crippen LogP contribution in [-0.2, 0) is 25.4 Å². The van der Waals surface area contributed by atoms with E-state index in [1.54, 1.807) is 0 Å². The molecule has 0 aromatic heterocycles. The second kappa shape index (κ2) is 5.19. The second-order valence-electron chi connectivity index (χ2n) is 5.33. The van der Waals surface area contributed by atoms with Crippen molar-refractivity contribution in [1.82, 2.24) is 9.62 Å². The lowest BCUT2D eigenvalue weighted by atomic mass is 10.0. The average molecular weight is 314 g/mol. The number of sulfonamides is 1. The Bertz CT molecular complexity index is 683. The first kappa shape index (κ1) is 15.6. The van der Waals surface area contributed by atoms with Gasteiger partial charge in [-0.25, -0.2) is 12.8 Å². The SMILES string of the molecule is CC1(C)C(=O)NC(=O)CN1S(=O)(=O)Cc1ccc(F)cc1. The second-order valence-corrected chi connectivity index (χ2v) is 7.22. The number of carbonyl (C=O) groups excluding carboxylic acids is 2. The molecule has 21 heavy (non-hydrogen) atoms. The first-order valence-electron chi connectivity index (χ1n) is 6.22. The standard InChI is InChI=1S/C13H15FN2O4S/c1-13(2)12(18)15-11(17)7-16(13)21(19,20)8-9-3-5-10(14)6-4-9/h3-6H,7-8H2,1-2H3,(H,15,17,18). The quantitative estimate of drug-likeness (QED) is 0.818. The number of amides is 2. The highest BCUT2D eigenvalue weighted by atomic mass is 32.2. The summed E-state index contributed by atoms with van der Waals surface area (Å²) >= 11 is 0. The Morgan fingerprint density at radius 1 is 1.24 bits per heavy atom. The molecule has 0 radical (unpaired) electrons. The number of nitrogens with one attached hydrogen (secondary N) is 1. The van der Waals surface area contributed by atoms with Crippen LogP contribution in [0.3, 0.4) is 0 Å². The normalized spacial score (nSPS) is 19.4. The van der Waals surface area contributed by atoms with Gasteiger partial charge < -0.3 is 0 Å². The summed E-state index contributed by atoms with van der Waals surface area (Å²) in [4.78, 5) is 23.2. The summed E-state index contributed by atoms with van der Waals surface area (Å²) in [7, 11) is -3.89. The molecule has 0 spiro atoms. The minimum atomic E-state index is -3.89. The van der Waals surface area contributed by atoms with E-state index in [2.05, 4.69) is 5.32 Å². The molecule has 0 bridgehead atoms. The molecule has 1 aromatic carbocycles. The van der Waals surface area contributed by atoms with E-state index in [0.29, 0.717) is 5.56 Å². The van der Waals surface area contributed by atoms with Crippen LogP contribution in [0.5, 0.6) is 0 Å². The lowest BCUT2D eigenvalue weighted by Crippen LogP contribution is -2.65. The van der Waals surface area contributed by atoms with Crippen molar-refractivity contribution in [2.24, 2.45) is 0 Å². The van der Waals surface area contributed by atoms with Crippen LogP contribution in [0.2, 0.25) is 0 Å². The Morgan fingerprint density at radius 2 is 1.81 bits per heavy atom. The molecule has 8 heteroatoms. The lowest BCUT2D eigenvalue weighted by Gasteiger charge is -2.38. The number of nitrogens with zero attached hydrogens (tertiary/aromatic N) is 1. The van der Waals surface area contributed by atoms with Gasteiger partial charge in [0.15, 0.2) is 0 Å². The Labute approximate surface area is 122 Å². The molecular formula is C13H15FN2O4S. The van der Waals surface area contributed by atoms with Crippen LogP contribution < -0.4 is 5.32 Å². The van der Waals surface area contributed by atoms with E-state index in [9.17, 15) is 22.4 Å². The molecule has 1 N–H and O–H groups in total. The summed E-state index contributed by atoms with van der Waals surface area (Å²) in [5, 5.41) is 2.11. The first-order valence-corrected chi connectivity index (χ1v) is 7.83. The van der Waals surface area contributed by atoms with E-state index in [1.807, 2.05) is 0 Å². The van der Waals surface area contributed by atoms with E-state index >= 15 is 0 Å². The van der Waals surface area contributed by atoms with Gasteiger partial charge in [-0.15, -0.1) is 0 Å². The Balaban J connectivity index is 2.31. The Hall–Kier alpha value is -1.80. The monoisotopic (exact) mass is 314 g/mol. The van der Waals surface area contributed by atoms with Gasteiger partial charge in [0.05, 0.1) is 12.3 Å². The van der Waals surface area contributed by atoms with Gasteiger partial charge in [0.2, 0.25) is 21.8 Å². The van der Waals surface area contributed by atoms with E-state index in [1.165, 1.54) is 26.0 Å². The third-order valence-corrected chi connectivity index (χ3v) is 5.27. The minimum Gasteiger partial charge on any atom is -0.294 e. The zero-order chi connectivity index (χ0) is 15.8. The molecule has 1 fully saturated rings. The van der Waals surface area contributed by atoms with Crippen LogP contribution in [0.15, 0.2) is 24.3 Å². The highest BCUT2D eigenvalue weighted by Crippen LogP contribution is 2.24. The fraction of sp³-hybridized carbons (Fsp3) is 0.385. The fourth-order valence-electron chi connectivity index (χ4n) is 2.08. The van der Waals surface area contributed by atoms with E-state index in [4.69, 9.17) is 0 Å². The average Bonchev–Trinajstić information content (AvgIpc) is 2.36. The zero-order valence-electron chi connectivity index (χ0n) is 11.6. The zero-order valence-corrected chi connectivity index (χ0v) is 12.4. The summed E-state index contributed by atoms with van der Waals surface area (Å²) in [5.74, 6) is -2.20. The summed E-state index contributed by atoms with van der Waals surface area (Å²) in [6.45, 7) is 2.44. The summed E-state index contributed by atoms with van der Waals surface area (Å²) in [6, 6.07) is 5.02. The van der Waals surface area contributed by atoms with Crippen LogP contribution in [0, 0.1) is 5.82 Å². The Morgan fingerprint density at radius 3 is 2.38 bits per heavy atom. The van der Waals surface area contributed by atoms with Gasteiger partial charge in [-0.2, -0.15) is 4.31 Å². The van der Waals surface area contributed by atoms with E-state index in [0.717, 1.165) is 16.4 Å². The highest BCUT2D eigenvalue weighted by molar-refractivity contribution is 7.88. The molecule has 114 valence electrons. The predicted molar refractivity (Wildman–Crippen MR) is 73.0 cm³/mol. The van der Waals surface area contributed by atoms with Crippen molar-refractivity contribution < 1.29 is 22.4 Å². The molecule has 2 rings (SSSR count). The number of benzene rings is 1. The van der Waals surface area contributed by atoms with Crippen LogP contribution in [0.1, 0.15) is 19.4 Å². The Kier molecular flexibility index (Phi) is 3.85. The topological polar surface area (TPSA) is 83.6 Å². The number of piperazine rings is 1. The molecule has 2 amide bonds. The number of rotatable bonds is 3. The van der Waals surface area contributed by atoms with Crippen LogP contribution >= 0.6 is 0 Å². The molecular weight excluding hydrogens is 299 g/mol. The number of hydrogen-bond acceptors (Lipinski definition) is 4. The number of carbonyl (C=O) groups is 2. The highest BCUT2D eigenvalue weighted by Gasteiger charge is 2.46. The number of hydrogen-bond donors (Lipinski definition) is 1. The summed E-state index contributed by atoms with van der Waals surface area (Å²) in [5.41, 5.74) is -0.974. The predicted octanol–water partition coefficient (Wildman–Crippen LogP) is 0.393. The van der Waals surface area contributed by atoms with Crippen LogP contribution in [0.25, 0.3) is 0 Å². The van der Waals surface area contributed by atoms with E-state index < -0.39 is 45.5 Å². The molecule has 1 saturated heterocycles. The van der Waals surface area contributed by atoms with Crippen molar-refractivity contribution in [3.63, 3.8) is 0 Å². The van der Waals surface area contributed by atoms with Crippen molar-refractivity contribution in [1.29, 1.82) is 0 Å². The van der Waals surface area contributed by atoms with Gasteiger partial charge in [-0.05, 0) is 31.5 Å². The number of imide groups is 1. The summed E-state index contributed by atoms with van der Waals surface area (Å²) < 4.78 is 38.6. The van der Waals surface area contributed by atoms with Crippen molar-refractivity contribution in [2.75, 3.05) is 6.54 Å². The molecule has 0 atom stereocenters. The molecule has 0 saturated carbocycles. The lowest BCUT2D eigenvalue weighted by molar-refractivity contribution is -0.141. The van der Waals surface area contributed by atoms with Gasteiger partial charge in [0, 0.05) is 0 Å². The van der Waals surface area contributed by atoms with Crippen LogP contribution in [-0.4, -0.2) is 36.6 Å². The number of halogens is 1. The molecule has 0 aliphatic carbocycles. The maximum Gasteiger partial charge on any atom is 0.247 e. The maximum absolute atomic E-state index is 12.8. The van der Waals surface area contributed by atoms with Crippen molar-refractivity contribution in [2.45, 2.75) is 25.1 Å². The molecule has 0 unspecified atom stereocenters. The molecule has 1 aliphatic rings. The minimum absolute atomic E-state index is 0.380. The van der Waals surface area contributed by atoms with Gasteiger partial charge in [-0.3, -0.25) is 14.9 Å². The van der Waals surface area contributed by atoms with Gasteiger partial charge >= 0.3 is 0 Å². The molecule has 1 aromatic rings. The largest absolute Gasteiger partial charge is 0.294 e. The van der Waals surface area contributed by atoms with Crippen molar-refractivity contribution in [3.8, 4) is 0 Å². The van der Waals surface area contributed by atoms with Crippen LogP contribution in [0.4, 0.5) is 4.39 Å². The van der Waals surface area contributed by atoms with Gasteiger partial charge in [0.1, 0.15) is 11.4 Å². The van der Waals surface area contributed by atoms with Gasteiger partial charge in [-0.1, -0.05) is 12.1 Å². The van der Waals surface area contributed by atoms with E-state index in [-0.39, 0.29) is 0 Å². The maximum atomic E-state index is 12.8. The smallest absolute Gasteiger partial charge is 0.247 e. The van der Waals surface area contributed by atoms with Crippen molar-refractivity contribution >= 4 is 21.8 Å².